The molecule has 2 rings (SSSR count). The zero-order valence-electron chi connectivity index (χ0n) is 14.4. The highest BCUT2D eigenvalue weighted by molar-refractivity contribution is 5.45. The molecule has 0 bridgehead atoms. The quantitative estimate of drug-likeness (QED) is 0.634. The largest absolute Gasteiger partial charge is 0.573 e. The van der Waals surface area contributed by atoms with Crippen LogP contribution in [0.25, 0.3) is 5.69 Å². The summed E-state index contributed by atoms with van der Waals surface area (Å²) in [5, 5.41) is 4.60. The van der Waals surface area contributed by atoms with E-state index in [0.29, 0.717) is 5.69 Å². The average Bonchev–Trinajstić information content (AvgIpc) is 2.92. The Morgan fingerprint density at radius 3 is 2.48 bits per heavy atom. The molecule has 1 aromatic carbocycles. The van der Waals surface area contributed by atoms with Crippen LogP contribution in [0, 0.1) is 6.92 Å². The van der Waals surface area contributed by atoms with E-state index in [1.807, 2.05) is 19.1 Å². The molecule has 4 nitrogen and oxygen atoms in total. The molecule has 2 aromatic rings. The van der Waals surface area contributed by atoms with Gasteiger partial charge >= 0.3 is 6.36 Å². The molecule has 25 heavy (non-hydrogen) atoms. The lowest BCUT2D eigenvalue weighted by molar-refractivity contribution is -0.274. The molecular weight excluding hydrogens is 331 g/mol. The van der Waals surface area contributed by atoms with Gasteiger partial charge in [-0.25, -0.2) is 4.68 Å². The summed E-state index contributed by atoms with van der Waals surface area (Å²) in [4.78, 5) is 2.17. The highest BCUT2D eigenvalue weighted by Gasteiger charge is 2.31. The van der Waals surface area contributed by atoms with Crippen molar-refractivity contribution < 1.29 is 17.9 Å². The number of nitrogens with zero attached hydrogens (tertiary/aromatic N) is 3. The van der Waals surface area contributed by atoms with Crippen molar-refractivity contribution in [3.8, 4) is 11.4 Å². The third-order valence-corrected chi connectivity index (χ3v) is 3.61. The van der Waals surface area contributed by atoms with E-state index in [9.17, 15) is 13.2 Å². The number of hydrogen-bond donors (Lipinski definition) is 0. The number of aromatic nitrogens is 2. The molecule has 0 N–H and O–H groups in total. The van der Waals surface area contributed by atoms with E-state index >= 15 is 0 Å². The van der Waals surface area contributed by atoms with Gasteiger partial charge < -0.3 is 9.64 Å². The molecule has 0 atom stereocenters. The minimum atomic E-state index is -4.69. The average molecular weight is 353 g/mol. The number of aryl methyl sites for hydroxylation is 1. The summed E-state index contributed by atoms with van der Waals surface area (Å²) in [6.07, 6.45) is -0.976. The Balaban J connectivity index is 2.22. The van der Waals surface area contributed by atoms with Gasteiger partial charge in [0.15, 0.2) is 5.82 Å². The maximum Gasteiger partial charge on any atom is 0.573 e. The van der Waals surface area contributed by atoms with Crippen LogP contribution in [0.5, 0.6) is 5.75 Å². The summed E-state index contributed by atoms with van der Waals surface area (Å²) >= 11 is 0. The predicted octanol–water partition coefficient (Wildman–Crippen LogP) is 4.87. The van der Waals surface area contributed by atoms with Gasteiger partial charge in [-0.2, -0.15) is 5.10 Å². The van der Waals surface area contributed by atoms with Gasteiger partial charge in [0.05, 0.1) is 5.69 Å². The van der Waals surface area contributed by atoms with E-state index in [1.54, 1.807) is 16.8 Å². The molecule has 0 saturated heterocycles. The standard InChI is InChI=1S/C18H22F3N3O/c1-4-6-12-23(11-5-2)17-13-14(3)24(22-17)15-7-9-16(10-8-15)25-18(19,20)21/h4,7-10,13H,1,5-6,11-12H2,2-3H3. The molecule has 0 radical (unpaired) electrons. The molecule has 0 aliphatic heterocycles. The van der Waals surface area contributed by atoms with Gasteiger partial charge in [-0.05, 0) is 44.0 Å². The van der Waals surface area contributed by atoms with Crippen LogP contribution in [-0.2, 0) is 0 Å². The van der Waals surface area contributed by atoms with E-state index < -0.39 is 6.36 Å². The van der Waals surface area contributed by atoms with Crippen molar-refractivity contribution in [3.05, 3.63) is 48.7 Å². The Morgan fingerprint density at radius 2 is 1.92 bits per heavy atom. The number of alkyl halides is 3. The van der Waals surface area contributed by atoms with E-state index in [1.165, 1.54) is 12.1 Å². The van der Waals surface area contributed by atoms with Gasteiger partial charge in [0, 0.05) is 24.8 Å². The van der Waals surface area contributed by atoms with E-state index in [2.05, 4.69) is 28.2 Å². The van der Waals surface area contributed by atoms with Crippen LogP contribution < -0.4 is 9.64 Å². The van der Waals surface area contributed by atoms with Gasteiger partial charge in [-0.1, -0.05) is 13.0 Å². The number of halogens is 3. The second-order valence-corrected chi connectivity index (χ2v) is 5.66. The zero-order valence-corrected chi connectivity index (χ0v) is 14.4. The fourth-order valence-corrected chi connectivity index (χ4v) is 2.52. The molecule has 0 fully saturated rings. The first kappa shape index (κ1) is 18.9. The molecule has 0 amide bonds. The highest BCUT2D eigenvalue weighted by atomic mass is 19.4. The monoisotopic (exact) mass is 353 g/mol. The van der Waals surface area contributed by atoms with Crippen LogP contribution >= 0.6 is 0 Å². The van der Waals surface area contributed by atoms with Crippen LogP contribution in [0.3, 0.4) is 0 Å². The minimum Gasteiger partial charge on any atom is -0.406 e. The predicted molar refractivity (Wildman–Crippen MR) is 92.3 cm³/mol. The van der Waals surface area contributed by atoms with Crippen molar-refractivity contribution >= 4 is 5.82 Å². The Morgan fingerprint density at radius 1 is 1.24 bits per heavy atom. The fourth-order valence-electron chi connectivity index (χ4n) is 2.52. The first-order valence-electron chi connectivity index (χ1n) is 8.12. The summed E-state index contributed by atoms with van der Waals surface area (Å²) in [5.74, 6) is 0.594. The maximum absolute atomic E-state index is 12.2. The van der Waals surface area contributed by atoms with Crippen LogP contribution in [0.1, 0.15) is 25.5 Å². The first-order chi connectivity index (χ1) is 11.8. The molecule has 0 aliphatic carbocycles. The van der Waals surface area contributed by atoms with E-state index in [-0.39, 0.29) is 5.75 Å². The minimum absolute atomic E-state index is 0.250. The molecule has 7 heteroatoms. The summed E-state index contributed by atoms with van der Waals surface area (Å²) in [7, 11) is 0. The van der Waals surface area contributed by atoms with Crippen LogP contribution in [0.15, 0.2) is 43.0 Å². The van der Waals surface area contributed by atoms with Gasteiger partial charge in [0.25, 0.3) is 0 Å². The summed E-state index contributed by atoms with van der Waals surface area (Å²) in [6, 6.07) is 7.65. The number of rotatable bonds is 8. The van der Waals surface area contributed by atoms with Gasteiger partial charge in [0.1, 0.15) is 5.75 Å². The molecule has 0 unspecified atom stereocenters. The number of ether oxygens (including phenoxy) is 1. The van der Waals surface area contributed by atoms with Gasteiger partial charge in [-0.3, -0.25) is 0 Å². The molecular formula is C18H22F3N3O. The number of anilines is 1. The van der Waals surface area contributed by atoms with Crippen molar-refractivity contribution in [2.75, 3.05) is 18.0 Å². The van der Waals surface area contributed by atoms with Crippen molar-refractivity contribution in [2.24, 2.45) is 0 Å². The molecule has 1 heterocycles. The fraction of sp³-hybridized carbons (Fsp3) is 0.389. The van der Waals surface area contributed by atoms with Crippen molar-refractivity contribution in [3.63, 3.8) is 0 Å². The lowest BCUT2D eigenvalue weighted by Gasteiger charge is -2.20. The van der Waals surface area contributed by atoms with Crippen molar-refractivity contribution in [1.82, 2.24) is 9.78 Å². The number of benzene rings is 1. The third kappa shape index (κ3) is 5.27. The molecule has 0 saturated carbocycles. The van der Waals surface area contributed by atoms with Crippen molar-refractivity contribution in [2.45, 2.75) is 33.1 Å². The molecule has 0 spiro atoms. The third-order valence-electron chi connectivity index (χ3n) is 3.61. The normalized spacial score (nSPS) is 11.4. The SMILES string of the molecule is C=CCCN(CCC)c1cc(C)n(-c2ccc(OC(F)(F)F)cc2)n1. The van der Waals surface area contributed by atoms with Crippen molar-refractivity contribution in [1.29, 1.82) is 0 Å². The Hall–Kier alpha value is -2.44. The molecule has 0 aliphatic rings. The smallest absolute Gasteiger partial charge is 0.406 e. The summed E-state index contributed by atoms with van der Waals surface area (Å²) in [6.45, 7) is 9.46. The van der Waals surface area contributed by atoms with E-state index in [0.717, 1.165) is 37.4 Å². The second kappa shape index (κ2) is 8.09. The lowest BCUT2D eigenvalue weighted by atomic mass is 10.3. The highest BCUT2D eigenvalue weighted by Crippen LogP contribution is 2.25. The van der Waals surface area contributed by atoms with Gasteiger partial charge in [0.2, 0.25) is 0 Å². The maximum atomic E-state index is 12.2. The summed E-state index contributed by atoms with van der Waals surface area (Å²) in [5.41, 5.74) is 1.58. The lowest BCUT2D eigenvalue weighted by Crippen LogP contribution is -2.25. The van der Waals surface area contributed by atoms with Gasteiger partial charge in [-0.15, -0.1) is 19.8 Å². The number of hydrogen-bond acceptors (Lipinski definition) is 3. The second-order valence-electron chi connectivity index (χ2n) is 5.66. The Bertz CT molecular complexity index is 693. The van der Waals surface area contributed by atoms with Crippen LogP contribution in [-0.4, -0.2) is 29.2 Å². The Labute approximate surface area is 145 Å². The topological polar surface area (TPSA) is 30.3 Å². The zero-order chi connectivity index (χ0) is 18.4. The molecule has 1 aromatic heterocycles. The van der Waals surface area contributed by atoms with Crippen LogP contribution in [0.2, 0.25) is 0 Å². The summed E-state index contributed by atoms with van der Waals surface area (Å²) < 4.78 is 42.3. The molecule has 136 valence electrons. The van der Waals surface area contributed by atoms with E-state index in [4.69, 9.17) is 0 Å². The first-order valence-corrected chi connectivity index (χ1v) is 8.12. The van der Waals surface area contributed by atoms with Crippen LogP contribution in [0.4, 0.5) is 19.0 Å². The Kier molecular flexibility index (Phi) is 6.12.